The van der Waals surface area contributed by atoms with Gasteiger partial charge in [-0.05, 0) is 29.5 Å². The highest BCUT2D eigenvalue weighted by Gasteiger charge is 2.25. The van der Waals surface area contributed by atoms with Gasteiger partial charge in [0.15, 0.2) is 17.7 Å². The molecule has 0 fully saturated rings. The molecule has 6 heteroatoms. The molecule has 0 bridgehead atoms. The molecule has 0 saturated carbocycles. The lowest BCUT2D eigenvalue weighted by Gasteiger charge is -2.20. The predicted octanol–water partition coefficient (Wildman–Crippen LogP) is 3.08. The van der Waals surface area contributed by atoms with E-state index in [0.717, 1.165) is 5.56 Å². The fourth-order valence-electron chi connectivity index (χ4n) is 2.75. The maximum atomic E-state index is 14.2. The molecule has 0 aliphatic carbocycles. The van der Waals surface area contributed by atoms with Crippen molar-refractivity contribution >= 4 is 0 Å². The second-order valence-corrected chi connectivity index (χ2v) is 7.31. The van der Waals surface area contributed by atoms with E-state index in [1.807, 2.05) is 33.8 Å². The lowest BCUT2D eigenvalue weighted by atomic mass is 9.87. The number of halogens is 1. The quantitative estimate of drug-likeness (QED) is 0.854. The number of benzene rings is 1. The Morgan fingerprint density at radius 1 is 1.40 bits per heavy atom. The number of hydrogen-bond acceptors (Lipinski definition) is 4. The van der Waals surface area contributed by atoms with Crippen LogP contribution in [0.5, 0.6) is 11.8 Å². The zero-order valence-electron chi connectivity index (χ0n) is 15.0. The van der Waals surface area contributed by atoms with Crippen molar-refractivity contribution in [2.75, 3.05) is 6.61 Å². The van der Waals surface area contributed by atoms with Gasteiger partial charge < -0.3 is 9.47 Å². The number of hydrogen-bond donors (Lipinski definition) is 0. The lowest BCUT2D eigenvalue weighted by Crippen LogP contribution is -2.23. The summed E-state index contributed by atoms with van der Waals surface area (Å²) >= 11 is 0. The molecule has 1 aromatic heterocycles. The Bertz CT molecular complexity index is 840. The molecular weight excluding hydrogens is 323 g/mol. The Kier molecular flexibility index (Phi) is 4.54. The molecule has 1 aliphatic rings. The molecule has 0 spiro atoms. The summed E-state index contributed by atoms with van der Waals surface area (Å²) < 4.78 is 27.3. The summed E-state index contributed by atoms with van der Waals surface area (Å²) in [6.45, 7) is 8.72. The van der Waals surface area contributed by atoms with Gasteiger partial charge in [-0.15, -0.1) is 0 Å². The summed E-state index contributed by atoms with van der Waals surface area (Å²) in [5.41, 5.74) is 1.18. The van der Waals surface area contributed by atoms with Crippen LogP contribution in [0.2, 0.25) is 0 Å². The van der Waals surface area contributed by atoms with E-state index in [4.69, 9.17) is 9.47 Å². The second kappa shape index (κ2) is 6.50. The summed E-state index contributed by atoms with van der Waals surface area (Å²) in [4.78, 5) is 15.7. The van der Waals surface area contributed by atoms with Crippen molar-refractivity contribution in [1.82, 2.24) is 9.55 Å². The van der Waals surface area contributed by atoms with E-state index >= 15 is 0 Å². The van der Waals surface area contributed by atoms with E-state index in [2.05, 4.69) is 4.98 Å². The fourth-order valence-corrected chi connectivity index (χ4v) is 2.75. The zero-order chi connectivity index (χ0) is 18.2. The van der Waals surface area contributed by atoms with Crippen LogP contribution in [0.15, 0.2) is 29.2 Å². The lowest BCUT2D eigenvalue weighted by molar-refractivity contribution is 0.140. The van der Waals surface area contributed by atoms with Gasteiger partial charge in [0.25, 0.3) is 11.6 Å². The third-order valence-corrected chi connectivity index (χ3v) is 4.31. The van der Waals surface area contributed by atoms with Crippen molar-refractivity contribution in [3.8, 4) is 11.8 Å². The van der Waals surface area contributed by atoms with Gasteiger partial charge in [-0.1, -0.05) is 33.8 Å². The van der Waals surface area contributed by atoms with Crippen LogP contribution >= 0.6 is 0 Å². The highest BCUT2D eigenvalue weighted by Crippen LogP contribution is 2.27. The molecule has 0 amide bonds. The Balaban J connectivity index is 1.66. The first-order valence-electron chi connectivity index (χ1n) is 8.47. The van der Waals surface area contributed by atoms with Gasteiger partial charge in [-0.2, -0.15) is 4.98 Å². The van der Waals surface area contributed by atoms with Gasteiger partial charge in [-0.3, -0.25) is 9.36 Å². The van der Waals surface area contributed by atoms with E-state index < -0.39 is 0 Å². The minimum Gasteiger partial charge on any atom is -0.487 e. The Hall–Kier alpha value is -2.37. The van der Waals surface area contributed by atoms with Crippen molar-refractivity contribution in [1.29, 1.82) is 0 Å². The molecule has 2 heterocycles. The number of nitrogens with zero attached hydrogens (tertiary/aromatic N) is 2. The van der Waals surface area contributed by atoms with Crippen molar-refractivity contribution in [2.45, 2.75) is 52.2 Å². The van der Waals surface area contributed by atoms with Crippen LogP contribution in [-0.2, 0) is 18.4 Å². The molecular formula is C19H23FN2O3. The van der Waals surface area contributed by atoms with Gasteiger partial charge in [0.05, 0.1) is 6.54 Å². The van der Waals surface area contributed by atoms with E-state index in [0.29, 0.717) is 24.5 Å². The minimum atomic E-state index is -0.385. The Morgan fingerprint density at radius 3 is 2.80 bits per heavy atom. The van der Waals surface area contributed by atoms with Gasteiger partial charge in [-0.25, -0.2) is 4.39 Å². The van der Waals surface area contributed by atoms with Crippen LogP contribution in [0.3, 0.4) is 0 Å². The fraction of sp³-hybridized carbons (Fsp3) is 0.474. The monoisotopic (exact) mass is 346 g/mol. The smallest absolute Gasteiger partial charge is 0.300 e. The van der Waals surface area contributed by atoms with Crippen LogP contribution < -0.4 is 15.0 Å². The summed E-state index contributed by atoms with van der Waals surface area (Å²) in [5, 5.41) is 0. The second-order valence-electron chi connectivity index (χ2n) is 7.31. The molecule has 5 nitrogen and oxygen atoms in total. The molecule has 1 aliphatic heterocycles. The van der Waals surface area contributed by atoms with Crippen LogP contribution in [0.1, 0.15) is 38.8 Å². The van der Waals surface area contributed by atoms with Crippen LogP contribution in [0.25, 0.3) is 0 Å². The molecule has 1 aromatic carbocycles. The first kappa shape index (κ1) is 17.5. The van der Waals surface area contributed by atoms with Gasteiger partial charge in [0.1, 0.15) is 6.61 Å². The summed E-state index contributed by atoms with van der Waals surface area (Å²) in [5.74, 6) is -0.187. The van der Waals surface area contributed by atoms with Crippen LogP contribution in [0, 0.1) is 5.82 Å². The van der Waals surface area contributed by atoms with Gasteiger partial charge >= 0.3 is 0 Å². The Morgan fingerprint density at radius 2 is 2.16 bits per heavy atom. The SMILES string of the molecule is CCc1cn2c(nc1=O)OC(COc1ccc(C(C)(C)C)cc1F)C2. The van der Waals surface area contributed by atoms with Crippen molar-refractivity contribution in [2.24, 2.45) is 0 Å². The van der Waals surface area contributed by atoms with E-state index in [-0.39, 0.29) is 35.3 Å². The van der Waals surface area contributed by atoms with Crippen LogP contribution in [0.4, 0.5) is 4.39 Å². The zero-order valence-corrected chi connectivity index (χ0v) is 15.0. The van der Waals surface area contributed by atoms with Gasteiger partial charge in [0.2, 0.25) is 0 Å². The molecule has 3 rings (SSSR count). The molecule has 0 N–H and O–H groups in total. The standard InChI is InChI=1S/C19H23FN2O3/c1-5-12-9-22-10-14(25-18(22)21-17(12)23)11-24-16-7-6-13(8-15(16)20)19(2,3)4/h6-9,14H,5,10-11H2,1-4H3. The van der Waals surface area contributed by atoms with Crippen molar-refractivity contribution in [3.05, 3.63) is 51.7 Å². The molecule has 25 heavy (non-hydrogen) atoms. The van der Waals surface area contributed by atoms with E-state index in [1.165, 1.54) is 6.07 Å². The molecule has 134 valence electrons. The molecule has 1 unspecified atom stereocenters. The third-order valence-electron chi connectivity index (χ3n) is 4.31. The van der Waals surface area contributed by atoms with E-state index in [9.17, 15) is 9.18 Å². The first-order chi connectivity index (χ1) is 11.8. The largest absolute Gasteiger partial charge is 0.487 e. The summed E-state index contributed by atoms with van der Waals surface area (Å²) in [6.07, 6.45) is 2.09. The first-order valence-corrected chi connectivity index (χ1v) is 8.47. The highest BCUT2D eigenvalue weighted by molar-refractivity contribution is 5.32. The van der Waals surface area contributed by atoms with Gasteiger partial charge in [0, 0.05) is 11.8 Å². The maximum Gasteiger partial charge on any atom is 0.300 e. The maximum absolute atomic E-state index is 14.2. The summed E-state index contributed by atoms with van der Waals surface area (Å²) in [6, 6.07) is 5.32. The topological polar surface area (TPSA) is 53.4 Å². The number of rotatable bonds is 4. The highest BCUT2D eigenvalue weighted by atomic mass is 19.1. The average Bonchev–Trinajstić information content (AvgIpc) is 2.93. The number of ether oxygens (including phenoxy) is 2. The number of fused-ring (bicyclic) bond motifs is 1. The predicted molar refractivity (Wildman–Crippen MR) is 92.9 cm³/mol. The third kappa shape index (κ3) is 3.67. The molecule has 2 aromatic rings. The molecule has 0 radical (unpaired) electrons. The van der Waals surface area contributed by atoms with E-state index in [1.54, 1.807) is 16.8 Å². The summed E-state index contributed by atoms with van der Waals surface area (Å²) in [7, 11) is 0. The Labute approximate surface area is 146 Å². The number of aromatic nitrogens is 2. The van der Waals surface area contributed by atoms with Crippen LogP contribution in [-0.4, -0.2) is 22.3 Å². The molecule has 1 atom stereocenters. The van der Waals surface area contributed by atoms with Crippen molar-refractivity contribution in [3.63, 3.8) is 0 Å². The van der Waals surface area contributed by atoms with Crippen molar-refractivity contribution < 1.29 is 13.9 Å². The number of aryl methyl sites for hydroxylation is 1. The normalized spacial score (nSPS) is 16.4. The average molecular weight is 346 g/mol. The molecule has 0 saturated heterocycles. The minimum absolute atomic E-state index is 0.120.